The zero-order valence-corrected chi connectivity index (χ0v) is 10.4. The van der Waals surface area contributed by atoms with Gasteiger partial charge in [-0.15, -0.1) is 0 Å². The smallest absolute Gasteiger partial charge is 0.273 e. The summed E-state index contributed by atoms with van der Waals surface area (Å²) in [5, 5.41) is 0.215. The summed E-state index contributed by atoms with van der Waals surface area (Å²) in [5.41, 5.74) is 6.12. The molecule has 0 spiro atoms. The predicted octanol–water partition coefficient (Wildman–Crippen LogP) is 0.625. The first-order valence-corrected chi connectivity index (χ1v) is 6.80. The average Bonchev–Trinajstić information content (AvgIpc) is 2.59. The fourth-order valence-electron chi connectivity index (χ4n) is 1.21. The number of nitrogen functional groups attached to an aromatic ring is 1. The van der Waals surface area contributed by atoms with Crippen molar-refractivity contribution in [3.63, 3.8) is 0 Å². The molecule has 0 fully saturated rings. The van der Waals surface area contributed by atoms with Gasteiger partial charge in [-0.25, -0.2) is 23.4 Å². The third kappa shape index (κ3) is 2.50. The van der Waals surface area contributed by atoms with Crippen molar-refractivity contribution < 1.29 is 8.42 Å². The van der Waals surface area contributed by atoms with Crippen LogP contribution in [-0.4, -0.2) is 23.4 Å². The summed E-state index contributed by atoms with van der Waals surface area (Å²) in [6, 6.07) is 0. The molecule has 90 valence electrons. The normalized spacial score (nSPS) is 11.4. The van der Waals surface area contributed by atoms with Gasteiger partial charge in [0.05, 0.1) is 23.8 Å². The molecule has 0 aromatic carbocycles. The first-order chi connectivity index (χ1) is 7.99. The van der Waals surface area contributed by atoms with Gasteiger partial charge in [0.15, 0.2) is 9.34 Å². The van der Waals surface area contributed by atoms with E-state index in [9.17, 15) is 8.42 Å². The Balaban J connectivity index is 2.35. The number of nitrogens with one attached hydrogen (secondary N) is 1. The maximum atomic E-state index is 12.0. The van der Waals surface area contributed by atoms with Crippen molar-refractivity contribution in [1.29, 1.82) is 0 Å². The Hall–Kier alpha value is -1.74. The summed E-state index contributed by atoms with van der Waals surface area (Å²) in [6.07, 6.45) is 4.04. The van der Waals surface area contributed by atoms with Gasteiger partial charge < -0.3 is 5.73 Å². The Bertz CT molecular complexity index is 623. The monoisotopic (exact) mass is 271 g/mol. The molecule has 0 atom stereocenters. The van der Waals surface area contributed by atoms with Crippen molar-refractivity contribution in [2.75, 3.05) is 10.5 Å². The summed E-state index contributed by atoms with van der Waals surface area (Å²) in [4.78, 5) is 11.3. The van der Waals surface area contributed by atoms with Crippen molar-refractivity contribution >= 4 is 32.2 Å². The summed E-state index contributed by atoms with van der Waals surface area (Å²) < 4.78 is 26.4. The maximum Gasteiger partial charge on any atom is 0.273 e. The first-order valence-electron chi connectivity index (χ1n) is 4.50. The van der Waals surface area contributed by atoms with E-state index in [1.165, 1.54) is 18.7 Å². The summed E-state index contributed by atoms with van der Waals surface area (Å²) >= 11 is 0.916. The lowest BCUT2D eigenvalue weighted by molar-refractivity contribution is 0.602. The number of anilines is 2. The standard InChI is InChI=1S/C8H9N5O2S2/c1-5-7(16-8(9)12-5)17(14,15)13-6-2-10-4-11-3-6/h2-4,13H,1H3,(H2,9,12). The van der Waals surface area contributed by atoms with Gasteiger partial charge in [0.2, 0.25) is 0 Å². The summed E-state index contributed by atoms with van der Waals surface area (Å²) in [7, 11) is -3.68. The highest BCUT2D eigenvalue weighted by Crippen LogP contribution is 2.26. The minimum atomic E-state index is -3.68. The molecule has 0 aliphatic carbocycles. The lowest BCUT2D eigenvalue weighted by atomic mass is 10.6. The third-order valence-corrected chi connectivity index (χ3v) is 4.80. The van der Waals surface area contributed by atoms with E-state index in [1.54, 1.807) is 6.92 Å². The molecule has 0 unspecified atom stereocenters. The van der Waals surface area contributed by atoms with E-state index in [0.717, 1.165) is 11.3 Å². The van der Waals surface area contributed by atoms with Crippen LogP contribution in [0.1, 0.15) is 5.69 Å². The topological polar surface area (TPSA) is 111 Å². The van der Waals surface area contributed by atoms with E-state index in [0.29, 0.717) is 11.4 Å². The van der Waals surface area contributed by atoms with Crippen LogP contribution >= 0.6 is 11.3 Å². The number of hydrogen-bond acceptors (Lipinski definition) is 7. The number of rotatable bonds is 3. The van der Waals surface area contributed by atoms with Crippen LogP contribution in [0.5, 0.6) is 0 Å². The molecule has 2 aromatic rings. The number of thiazole rings is 1. The highest BCUT2D eigenvalue weighted by atomic mass is 32.2. The van der Waals surface area contributed by atoms with E-state index in [4.69, 9.17) is 5.73 Å². The molecule has 17 heavy (non-hydrogen) atoms. The lowest BCUT2D eigenvalue weighted by Gasteiger charge is -2.04. The van der Waals surface area contributed by atoms with Crippen molar-refractivity contribution in [3.8, 4) is 0 Å². The molecule has 2 rings (SSSR count). The molecule has 0 radical (unpaired) electrons. The highest BCUT2D eigenvalue weighted by molar-refractivity contribution is 7.94. The molecule has 9 heteroatoms. The second-order valence-corrected chi connectivity index (χ2v) is 6.07. The van der Waals surface area contributed by atoms with Gasteiger partial charge in [-0.3, -0.25) is 4.72 Å². The van der Waals surface area contributed by atoms with Crippen LogP contribution in [0.4, 0.5) is 10.8 Å². The molecule has 2 heterocycles. The van der Waals surface area contributed by atoms with Gasteiger partial charge in [-0.2, -0.15) is 0 Å². The van der Waals surface area contributed by atoms with Crippen LogP contribution in [0.2, 0.25) is 0 Å². The molecule has 0 amide bonds. The van der Waals surface area contributed by atoms with Crippen LogP contribution in [0.3, 0.4) is 0 Å². The molecule has 0 saturated heterocycles. The molecule has 0 saturated carbocycles. The SMILES string of the molecule is Cc1nc(N)sc1S(=O)(=O)Nc1cncnc1. The van der Waals surface area contributed by atoms with Gasteiger partial charge >= 0.3 is 0 Å². The van der Waals surface area contributed by atoms with Gasteiger partial charge in [0.25, 0.3) is 10.0 Å². The van der Waals surface area contributed by atoms with Gasteiger partial charge in [0.1, 0.15) is 6.33 Å². The second-order valence-electron chi connectivity index (χ2n) is 3.16. The third-order valence-electron chi connectivity index (χ3n) is 1.83. The molecular formula is C8H9N5O2S2. The number of sulfonamides is 1. The Kier molecular flexibility index (Phi) is 2.94. The van der Waals surface area contributed by atoms with E-state index in [1.807, 2.05) is 0 Å². The van der Waals surface area contributed by atoms with E-state index in [-0.39, 0.29) is 9.34 Å². The zero-order chi connectivity index (χ0) is 12.5. The van der Waals surface area contributed by atoms with Crippen molar-refractivity contribution in [2.24, 2.45) is 0 Å². The number of nitrogens with two attached hydrogens (primary N) is 1. The minimum absolute atomic E-state index is 0.0962. The van der Waals surface area contributed by atoms with Crippen LogP contribution in [0.15, 0.2) is 22.9 Å². The molecule has 7 nitrogen and oxygen atoms in total. The number of aryl methyl sites for hydroxylation is 1. The molecule has 2 aromatic heterocycles. The quantitative estimate of drug-likeness (QED) is 0.846. The molecule has 3 N–H and O–H groups in total. The maximum absolute atomic E-state index is 12.0. The van der Waals surface area contributed by atoms with Crippen molar-refractivity contribution in [3.05, 3.63) is 24.4 Å². The van der Waals surface area contributed by atoms with Crippen LogP contribution in [-0.2, 0) is 10.0 Å². The fourth-order valence-corrected chi connectivity index (χ4v) is 3.53. The van der Waals surface area contributed by atoms with Crippen LogP contribution in [0, 0.1) is 6.92 Å². The van der Waals surface area contributed by atoms with Gasteiger partial charge in [-0.1, -0.05) is 11.3 Å². The minimum Gasteiger partial charge on any atom is -0.375 e. The van der Waals surface area contributed by atoms with E-state index < -0.39 is 10.0 Å². The fraction of sp³-hybridized carbons (Fsp3) is 0.125. The number of aromatic nitrogens is 3. The Labute approximate surface area is 102 Å². The van der Waals surface area contributed by atoms with Crippen LogP contribution in [0.25, 0.3) is 0 Å². The Morgan fingerprint density at radius 1 is 1.35 bits per heavy atom. The lowest BCUT2D eigenvalue weighted by Crippen LogP contribution is -2.12. The summed E-state index contributed by atoms with van der Waals surface area (Å²) in [5.74, 6) is 0. The highest BCUT2D eigenvalue weighted by Gasteiger charge is 2.21. The Morgan fingerprint density at radius 3 is 2.53 bits per heavy atom. The average molecular weight is 271 g/mol. The largest absolute Gasteiger partial charge is 0.375 e. The van der Waals surface area contributed by atoms with Crippen LogP contribution < -0.4 is 10.5 Å². The second kappa shape index (κ2) is 4.26. The zero-order valence-electron chi connectivity index (χ0n) is 8.78. The molecule has 0 aliphatic heterocycles. The van der Waals surface area contributed by atoms with Crippen molar-refractivity contribution in [2.45, 2.75) is 11.1 Å². The predicted molar refractivity (Wildman–Crippen MR) is 64.1 cm³/mol. The first kappa shape index (κ1) is 11.7. The van der Waals surface area contributed by atoms with E-state index >= 15 is 0 Å². The van der Waals surface area contributed by atoms with Gasteiger partial charge in [0, 0.05) is 0 Å². The summed E-state index contributed by atoms with van der Waals surface area (Å²) in [6.45, 7) is 1.59. The van der Waals surface area contributed by atoms with Crippen molar-refractivity contribution in [1.82, 2.24) is 15.0 Å². The van der Waals surface area contributed by atoms with Gasteiger partial charge in [-0.05, 0) is 6.92 Å². The number of hydrogen-bond donors (Lipinski definition) is 2. The molecule has 0 bridgehead atoms. The van der Waals surface area contributed by atoms with E-state index in [2.05, 4.69) is 19.7 Å². The molecule has 0 aliphatic rings. The Morgan fingerprint density at radius 2 is 2.00 bits per heavy atom. The number of nitrogens with zero attached hydrogens (tertiary/aromatic N) is 3. The molecular weight excluding hydrogens is 262 g/mol.